The van der Waals surface area contributed by atoms with Gasteiger partial charge in [-0.25, -0.2) is 0 Å². The Bertz CT molecular complexity index is 66.2. The van der Waals surface area contributed by atoms with E-state index >= 15 is 0 Å². The number of hydrogen-bond donors (Lipinski definition) is 3. The van der Waals surface area contributed by atoms with Gasteiger partial charge in [0, 0.05) is 13.1 Å². The maximum absolute atomic E-state index is 3.38. The molecule has 0 rings (SSSR count). The second-order valence-corrected chi connectivity index (χ2v) is 2.96. The van der Waals surface area contributed by atoms with E-state index in [1.54, 1.807) is 0 Å². The number of nitrogens with one attached hydrogen (secondary N) is 3. The molecule has 3 nitrogen and oxygen atoms in total. The molecule has 0 amide bonds. The van der Waals surface area contributed by atoms with Gasteiger partial charge in [-0.1, -0.05) is 6.92 Å². The fourth-order valence-electron chi connectivity index (χ4n) is 0.994. The molecule has 0 saturated carbocycles. The Morgan fingerprint density at radius 1 is 0.833 bits per heavy atom. The fraction of sp³-hybridized carbons (Fsp3) is 1.00. The molecule has 0 aliphatic carbocycles. The molecule has 0 aromatic heterocycles. The van der Waals surface area contributed by atoms with Crippen LogP contribution in [0.4, 0.5) is 0 Å². The van der Waals surface area contributed by atoms with Crippen LogP contribution in [0.2, 0.25) is 0 Å². The van der Waals surface area contributed by atoms with Gasteiger partial charge in [-0.15, -0.1) is 0 Å². The van der Waals surface area contributed by atoms with Gasteiger partial charge in [0.15, 0.2) is 0 Å². The molecule has 3 N–H and O–H groups in total. The molecule has 0 heterocycles. The first-order chi connectivity index (χ1) is 5.91. The first kappa shape index (κ1) is 11.9. The van der Waals surface area contributed by atoms with Gasteiger partial charge in [0.2, 0.25) is 0 Å². The monoisotopic (exact) mass is 173 g/mol. The van der Waals surface area contributed by atoms with Crippen molar-refractivity contribution in [3.05, 3.63) is 0 Å². The van der Waals surface area contributed by atoms with Crippen molar-refractivity contribution in [1.82, 2.24) is 16.0 Å². The van der Waals surface area contributed by atoms with E-state index in [-0.39, 0.29) is 0 Å². The van der Waals surface area contributed by atoms with Crippen LogP contribution < -0.4 is 16.0 Å². The molecule has 0 atom stereocenters. The Labute approximate surface area is 76.3 Å². The predicted octanol–water partition coefficient (Wildman–Crippen LogP) is 0.185. The molecule has 0 aliphatic rings. The van der Waals surface area contributed by atoms with Crippen molar-refractivity contribution in [2.75, 3.05) is 39.8 Å². The van der Waals surface area contributed by atoms with Crippen molar-refractivity contribution < 1.29 is 0 Å². The van der Waals surface area contributed by atoms with Crippen molar-refractivity contribution in [1.29, 1.82) is 0 Å². The van der Waals surface area contributed by atoms with Gasteiger partial charge in [-0.3, -0.25) is 0 Å². The molecule has 12 heavy (non-hydrogen) atoms. The lowest BCUT2D eigenvalue weighted by Crippen LogP contribution is -2.29. The van der Waals surface area contributed by atoms with E-state index in [0.717, 1.165) is 32.7 Å². The molecule has 0 bridgehead atoms. The Morgan fingerprint density at radius 2 is 1.50 bits per heavy atom. The van der Waals surface area contributed by atoms with Gasteiger partial charge in [0.25, 0.3) is 0 Å². The molecular formula is C9H23N3. The largest absolute Gasteiger partial charge is 0.320 e. The van der Waals surface area contributed by atoms with Crippen LogP contribution in [0.15, 0.2) is 0 Å². The summed E-state index contributed by atoms with van der Waals surface area (Å²) >= 11 is 0. The summed E-state index contributed by atoms with van der Waals surface area (Å²) in [7, 11) is 1.99. The molecule has 0 spiro atoms. The van der Waals surface area contributed by atoms with Crippen molar-refractivity contribution in [3.8, 4) is 0 Å². The SMILES string of the molecule is CCCNCCNCCCNC. The molecule has 0 unspecified atom stereocenters. The van der Waals surface area contributed by atoms with Crippen molar-refractivity contribution in [3.63, 3.8) is 0 Å². The minimum absolute atomic E-state index is 1.09. The second kappa shape index (κ2) is 10.9. The van der Waals surface area contributed by atoms with Crippen molar-refractivity contribution in [2.45, 2.75) is 19.8 Å². The predicted molar refractivity (Wildman–Crippen MR) is 54.6 cm³/mol. The molecule has 0 saturated heterocycles. The topological polar surface area (TPSA) is 36.1 Å². The summed E-state index contributed by atoms with van der Waals surface area (Å²) in [6, 6.07) is 0. The van der Waals surface area contributed by atoms with Gasteiger partial charge in [-0.05, 0) is 39.5 Å². The summed E-state index contributed by atoms with van der Waals surface area (Å²) < 4.78 is 0. The molecule has 0 aromatic rings. The normalized spacial score (nSPS) is 10.5. The van der Waals surface area contributed by atoms with E-state index in [1.165, 1.54) is 12.8 Å². The fourth-order valence-corrected chi connectivity index (χ4v) is 0.994. The smallest absolute Gasteiger partial charge is 0.00767 e. The lowest BCUT2D eigenvalue weighted by atomic mass is 10.4. The average Bonchev–Trinajstić information content (AvgIpc) is 2.10. The van der Waals surface area contributed by atoms with E-state index in [1.807, 2.05) is 7.05 Å². The summed E-state index contributed by atoms with van der Waals surface area (Å²) in [6.45, 7) is 7.73. The lowest BCUT2D eigenvalue weighted by molar-refractivity contribution is 0.585. The molecule has 74 valence electrons. The number of hydrogen-bond acceptors (Lipinski definition) is 3. The van der Waals surface area contributed by atoms with E-state index in [2.05, 4.69) is 22.9 Å². The highest BCUT2D eigenvalue weighted by Gasteiger charge is 1.86. The minimum atomic E-state index is 1.09. The van der Waals surface area contributed by atoms with Crippen LogP contribution in [-0.4, -0.2) is 39.8 Å². The van der Waals surface area contributed by atoms with E-state index < -0.39 is 0 Å². The van der Waals surface area contributed by atoms with Crippen LogP contribution in [0.1, 0.15) is 19.8 Å². The van der Waals surface area contributed by atoms with E-state index in [0.29, 0.717) is 0 Å². The Hall–Kier alpha value is -0.120. The van der Waals surface area contributed by atoms with Crippen molar-refractivity contribution >= 4 is 0 Å². The zero-order valence-electron chi connectivity index (χ0n) is 8.45. The first-order valence-corrected chi connectivity index (χ1v) is 4.97. The Balaban J connectivity index is 2.73. The van der Waals surface area contributed by atoms with Crippen molar-refractivity contribution in [2.24, 2.45) is 0 Å². The molecule has 0 fully saturated rings. The lowest BCUT2D eigenvalue weighted by Gasteiger charge is -2.04. The molecule has 0 aromatic carbocycles. The first-order valence-electron chi connectivity index (χ1n) is 4.97. The summed E-state index contributed by atoms with van der Waals surface area (Å²) in [5.41, 5.74) is 0. The molecule has 3 heteroatoms. The third-order valence-corrected chi connectivity index (χ3v) is 1.69. The van der Waals surface area contributed by atoms with Crippen LogP contribution in [0.3, 0.4) is 0 Å². The van der Waals surface area contributed by atoms with Crippen LogP contribution >= 0.6 is 0 Å². The van der Waals surface area contributed by atoms with E-state index in [9.17, 15) is 0 Å². The number of rotatable bonds is 9. The third-order valence-electron chi connectivity index (χ3n) is 1.69. The minimum Gasteiger partial charge on any atom is -0.320 e. The van der Waals surface area contributed by atoms with Gasteiger partial charge in [-0.2, -0.15) is 0 Å². The highest BCUT2D eigenvalue weighted by molar-refractivity contribution is 4.52. The third kappa shape index (κ3) is 9.88. The van der Waals surface area contributed by atoms with Crippen LogP contribution in [-0.2, 0) is 0 Å². The highest BCUT2D eigenvalue weighted by Crippen LogP contribution is 1.71. The summed E-state index contributed by atoms with van der Waals surface area (Å²) in [5.74, 6) is 0. The van der Waals surface area contributed by atoms with Crippen LogP contribution in [0.5, 0.6) is 0 Å². The van der Waals surface area contributed by atoms with Gasteiger partial charge >= 0.3 is 0 Å². The zero-order valence-corrected chi connectivity index (χ0v) is 8.45. The summed E-state index contributed by atoms with van der Waals surface area (Å²) in [6.07, 6.45) is 2.43. The average molecular weight is 173 g/mol. The summed E-state index contributed by atoms with van der Waals surface area (Å²) in [4.78, 5) is 0. The summed E-state index contributed by atoms with van der Waals surface area (Å²) in [5, 5.41) is 9.85. The molecular weight excluding hydrogens is 150 g/mol. The standard InChI is InChI=1S/C9H23N3/c1-3-5-11-8-9-12-7-4-6-10-2/h10-12H,3-9H2,1-2H3. The van der Waals surface area contributed by atoms with Crippen LogP contribution in [0, 0.1) is 0 Å². The van der Waals surface area contributed by atoms with Gasteiger partial charge < -0.3 is 16.0 Å². The van der Waals surface area contributed by atoms with Crippen LogP contribution in [0.25, 0.3) is 0 Å². The van der Waals surface area contributed by atoms with E-state index in [4.69, 9.17) is 0 Å². The zero-order chi connectivity index (χ0) is 9.07. The maximum Gasteiger partial charge on any atom is 0.00767 e. The Kier molecular flexibility index (Phi) is 10.8. The quantitative estimate of drug-likeness (QED) is 0.436. The Morgan fingerprint density at radius 3 is 2.08 bits per heavy atom. The highest BCUT2D eigenvalue weighted by atomic mass is 14.9. The molecule has 0 radical (unpaired) electrons. The second-order valence-electron chi connectivity index (χ2n) is 2.96. The molecule has 0 aliphatic heterocycles. The maximum atomic E-state index is 3.38. The van der Waals surface area contributed by atoms with Gasteiger partial charge in [0.1, 0.15) is 0 Å². The van der Waals surface area contributed by atoms with Gasteiger partial charge in [0.05, 0.1) is 0 Å².